The molecule has 0 saturated heterocycles. The molecule has 0 aromatic carbocycles. The number of aryl methyl sites for hydroxylation is 2. The van der Waals surface area contributed by atoms with Crippen LogP contribution < -0.4 is 0 Å². The highest BCUT2D eigenvalue weighted by molar-refractivity contribution is 5.40. The molecule has 2 rings (SSSR count). The molecule has 2 heterocycles. The van der Waals surface area contributed by atoms with Crippen LogP contribution in [0.3, 0.4) is 0 Å². The van der Waals surface area contributed by atoms with Crippen molar-refractivity contribution in [1.29, 1.82) is 0 Å². The summed E-state index contributed by atoms with van der Waals surface area (Å²) in [6, 6.07) is 3.10. The van der Waals surface area contributed by atoms with E-state index in [1.165, 1.54) is 6.07 Å². The van der Waals surface area contributed by atoms with Gasteiger partial charge in [-0.25, -0.2) is 9.97 Å². The average molecular weight is 232 g/mol. The highest BCUT2D eigenvalue weighted by Crippen LogP contribution is 2.18. The van der Waals surface area contributed by atoms with Gasteiger partial charge in [0.15, 0.2) is 0 Å². The maximum absolute atomic E-state index is 10.7. The third kappa shape index (κ3) is 2.01. The van der Waals surface area contributed by atoms with Gasteiger partial charge in [-0.15, -0.1) is 0 Å². The van der Waals surface area contributed by atoms with E-state index in [0.29, 0.717) is 11.5 Å². The number of nitrogens with zero attached hydrogens (tertiary/aromatic N) is 4. The fourth-order valence-electron chi connectivity index (χ4n) is 1.67. The second-order valence-electron chi connectivity index (χ2n) is 3.60. The highest BCUT2D eigenvalue weighted by Gasteiger charge is 2.13. The summed E-state index contributed by atoms with van der Waals surface area (Å²) in [5.74, 6) is 1.54. The van der Waals surface area contributed by atoms with E-state index >= 15 is 0 Å². The van der Waals surface area contributed by atoms with Gasteiger partial charge < -0.3 is 0 Å². The molecule has 0 aliphatic rings. The normalized spacial score (nSPS) is 10.5. The molecule has 0 N–H and O–H groups in total. The molecule has 2 aromatic heterocycles. The number of rotatable bonds is 3. The second kappa shape index (κ2) is 4.32. The van der Waals surface area contributed by atoms with Crippen LogP contribution in [0, 0.1) is 17.0 Å². The molecule has 2 aromatic rings. The summed E-state index contributed by atoms with van der Waals surface area (Å²) in [4.78, 5) is 18.7. The summed E-state index contributed by atoms with van der Waals surface area (Å²) in [5, 5.41) is 10.7. The Bertz CT molecular complexity index is 562. The Kier molecular flexibility index (Phi) is 2.86. The molecule has 6 heteroatoms. The van der Waals surface area contributed by atoms with Gasteiger partial charge in [-0.2, -0.15) is 0 Å². The predicted molar refractivity (Wildman–Crippen MR) is 62.1 cm³/mol. The van der Waals surface area contributed by atoms with Crippen molar-refractivity contribution in [2.45, 2.75) is 20.3 Å². The van der Waals surface area contributed by atoms with Gasteiger partial charge in [0.05, 0.1) is 4.92 Å². The lowest BCUT2D eigenvalue weighted by atomic mass is 10.3. The minimum Gasteiger partial charge on any atom is -0.288 e. The topological polar surface area (TPSA) is 73.8 Å². The van der Waals surface area contributed by atoms with Crippen molar-refractivity contribution in [2.24, 2.45) is 0 Å². The van der Waals surface area contributed by atoms with Crippen LogP contribution in [0.25, 0.3) is 5.82 Å². The Morgan fingerprint density at radius 2 is 2.24 bits per heavy atom. The SMILES string of the molecule is CCc1nccn1-c1ccc([N+](=O)[O-])c(C)n1. The largest absolute Gasteiger partial charge is 0.290 e. The number of aromatic nitrogens is 3. The van der Waals surface area contributed by atoms with Gasteiger partial charge in [-0.3, -0.25) is 14.7 Å². The zero-order chi connectivity index (χ0) is 12.4. The molecule has 0 unspecified atom stereocenters. The molecule has 0 aliphatic heterocycles. The average Bonchev–Trinajstić information content (AvgIpc) is 2.76. The van der Waals surface area contributed by atoms with Gasteiger partial charge in [0.1, 0.15) is 17.3 Å². The van der Waals surface area contributed by atoms with Crippen LogP contribution in [0.2, 0.25) is 0 Å². The molecule has 0 radical (unpaired) electrons. The van der Waals surface area contributed by atoms with Gasteiger partial charge in [0.2, 0.25) is 0 Å². The number of nitro groups is 1. The monoisotopic (exact) mass is 232 g/mol. The smallest absolute Gasteiger partial charge is 0.288 e. The minimum absolute atomic E-state index is 0.0342. The first-order valence-corrected chi connectivity index (χ1v) is 5.28. The summed E-state index contributed by atoms with van der Waals surface area (Å²) in [6.07, 6.45) is 4.27. The lowest BCUT2D eigenvalue weighted by Gasteiger charge is -2.06. The fraction of sp³-hybridized carbons (Fsp3) is 0.273. The van der Waals surface area contributed by atoms with Crippen molar-refractivity contribution in [3.63, 3.8) is 0 Å². The maximum Gasteiger partial charge on any atom is 0.290 e. The van der Waals surface area contributed by atoms with Crippen LogP contribution >= 0.6 is 0 Å². The van der Waals surface area contributed by atoms with Crippen molar-refractivity contribution in [3.05, 3.63) is 46.2 Å². The number of pyridine rings is 1. The van der Waals surface area contributed by atoms with E-state index in [4.69, 9.17) is 0 Å². The minimum atomic E-state index is -0.430. The van der Waals surface area contributed by atoms with Gasteiger partial charge >= 0.3 is 0 Å². The summed E-state index contributed by atoms with van der Waals surface area (Å²) in [7, 11) is 0. The molecule has 88 valence electrons. The quantitative estimate of drug-likeness (QED) is 0.599. The Balaban J connectivity index is 2.48. The van der Waals surface area contributed by atoms with E-state index < -0.39 is 4.92 Å². The second-order valence-corrected chi connectivity index (χ2v) is 3.60. The van der Waals surface area contributed by atoms with E-state index in [-0.39, 0.29) is 5.69 Å². The molecule has 0 spiro atoms. The first-order chi connectivity index (χ1) is 8.13. The van der Waals surface area contributed by atoms with Crippen molar-refractivity contribution >= 4 is 5.69 Å². The molecule has 6 nitrogen and oxygen atoms in total. The zero-order valence-corrected chi connectivity index (χ0v) is 9.62. The summed E-state index contributed by atoms with van der Waals surface area (Å²) in [5.41, 5.74) is 0.440. The molecule has 0 bridgehead atoms. The van der Waals surface area contributed by atoms with Crippen LogP contribution in [0.5, 0.6) is 0 Å². The van der Waals surface area contributed by atoms with Crippen LogP contribution in [-0.2, 0) is 6.42 Å². The van der Waals surface area contributed by atoms with E-state index in [2.05, 4.69) is 9.97 Å². The van der Waals surface area contributed by atoms with E-state index in [0.717, 1.165) is 12.2 Å². The predicted octanol–water partition coefficient (Wildman–Crippen LogP) is 2.05. The standard InChI is InChI=1S/C11H12N4O2/c1-3-10-12-6-7-14(10)11-5-4-9(15(16)17)8(2)13-11/h4-7H,3H2,1-2H3. The number of hydrogen-bond acceptors (Lipinski definition) is 4. The third-order valence-electron chi connectivity index (χ3n) is 2.52. The van der Waals surface area contributed by atoms with Crippen LogP contribution in [0.15, 0.2) is 24.5 Å². The van der Waals surface area contributed by atoms with Crippen LogP contribution in [0.4, 0.5) is 5.69 Å². The Morgan fingerprint density at radius 3 is 2.82 bits per heavy atom. The molecule has 17 heavy (non-hydrogen) atoms. The maximum atomic E-state index is 10.7. The van der Waals surface area contributed by atoms with Crippen molar-refractivity contribution in [3.8, 4) is 5.82 Å². The summed E-state index contributed by atoms with van der Waals surface area (Å²) in [6.45, 7) is 3.63. The molecular formula is C11H12N4O2. The van der Waals surface area contributed by atoms with E-state index in [1.807, 2.05) is 11.5 Å². The van der Waals surface area contributed by atoms with Gasteiger partial charge in [0.25, 0.3) is 5.69 Å². The number of hydrogen-bond donors (Lipinski definition) is 0. The van der Waals surface area contributed by atoms with E-state index in [9.17, 15) is 10.1 Å². The van der Waals surface area contributed by atoms with Gasteiger partial charge in [0, 0.05) is 24.9 Å². The first kappa shape index (κ1) is 11.3. The molecule has 0 saturated carbocycles. The van der Waals surface area contributed by atoms with Crippen LogP contribution in [0.1, 0.15) is 18.4 Å². The zero-order valence-electron chi connectivity index (χ0n) is 9.62. The summed E-state index contributed by atoms with van der Waals surface area (Å²) < 4.78 is 1.83. The molecule has 0 aliphatic carbocycles. The number of imidazole rings is 1. The summed E-state index contributed by atoms with van der Waals surface area (Å²) >= 11 is 0. The third-order valence-corrected chi connectivity index (χ3v) is 2.52. The molecule has 0 amide bonds. The van der Waals surface area contributed by atoms with Gasteiger partial charge in [-0.1, -0.05) is 6.92 Å². The highest BCUT2D eigenvalue weighted by atomic mass is 16.6. The Hall–Kier alpha value is -2.24. The Morgan fingerprint density at radius 1 is 1.47 bits per heavy atom. The lowest BCUT2D eigenvalue weighted by Crippen LogP contribution is -2.04. The lowest BCUT2D eigenvalue weighted by molar-refractivity contribution is -0.385. The Labute approximate surface area is 98.1 Å². The van der Waals surface area contributed by atoms with Crippen molar-refractivity contribution in [1.82, 2.24) is 14.5 Å². The van der Waals surface area contributed by atoms with Crippen LogP contribution in [-0.4, -0.2) is 19.5 Å². The van der Waals surface area contributed by atoms with Gasteiger partial charge in [-0.05, 0) is 13.0 Å². The fourth-order valence-corrected chi connectivity index (χ4v) is 1.67. The molecular weight excluding hydrogens is 220 g/mol. The first-order valence-electron chi connectivity index (χ1n) is 5.28. The molecule has 0 atom stereocenters. The van der Waals surface area contributed by atoms with Crippen molar-refractivity contribution in [2.75, 3.05) is 0 Å². The van der Waals surface area contributed by atoms with Crippen molar-refractivity contribution < 1.29 is 4.92 Å². The van der Waals surface area contributed by atoms with E-state index in [1.54, 1.807) is 25.4 Å². The molecule has 0 fully saturated rings.